The number of amides is 1. The normalized spacial score (nSPS) is 12.4. The minimum Gasteiger partial charge on any atom is -0.368 e. The maximum atomic E-state index is 11.4. The molecule has 0 aliphatic carbocycles. The Kier molecular flexibility index (Phi) is 6.08. The number of benzene rings is 2. The van der Waals surface area contributed by atoms with Crippen LogP contribution >= 0.6 is 11.8 Å². The molecule has 0 aliphatic rings. The number of carbonyl (C=O) groups is 1. The lowest BCUT2D eigenvalue weighted by molar-refractivity contribution is -0.120. The van der Waals surface area contributed by atoms with Crippen molar-refractivity contribution < 1.29 is 4.79 Å². The Morgan fingerprint density at radius 3 is 2.71 bits per heavy atom. The van der Waals surface area contributed by atoms with Gasteiger partial charge in [0.05, 0.1) is 6.04 Å². The molecule has 0 spiro atoms. The molecule has 2 rings (SSSR count). The Balaban J connectivity index is 1.90. The van der Waals surface area contributed by atoms with Crippen LogP contribution in [0, 0.1) is 0 Å². The summed E-state index contributed by atoms with van der Waals surface area (Å²) in [4.78, 5) is 12.6. The summed E-state index contributed by atoms with van der Waals surface area (Å²) in [5, 5.41) is 5.70. The number of primary amides is 1. The number of carbonyl (C=O) groups excluding carboxylic acids is 1. The van der Waals surface area contributed by atoms with Gasteiger partial charge >= 0.3 is 0 Å². The fourth-order valence-electron chi connectivity index (χ4n) is 2.22. The second-order valence-electron chi connectivity index (χ2n) is 5.06. The van der Waals surface area contributed by atoms with Gasteiger partial charge in [-0.3, -0.25) is 4.79 Å². The fourth-order valence-corrected chi connectivity index (χ4v) is 3.18. The zero-order chi connectivity index (χ0) is 15.1. The number of rotatable bonds is 8. The van der Waals surface area contributed by atoms with Gasteiger partial charge in [-0.15, -0.1) is 11.8 Å². The van der Waals surface area contributed by atoms with Gasteiger partial charge < -0.3 is 11.1 Å². The third-order valence-electron chi connectivity index (χ3n) is 3.38. The van der Waals surface area contributed by atoms with E-state index < -0.39 is 0 Å². The van der Waals surface area contributed by atoms with Crippen LogP contribution in [0.15, 0.2) is 47.4 Å². The average Bonchev–Trinajstić information content (AvgIpc) is 2.50. The highest BCUT2D eigenvalue weighted by atomic mass is 32.2. The van der Waals surface area contributed by atoms with E-state index >= 15 is 0 Å². The smallest absolute Gasteiger partial charge is 0.234 e. The van der Waals surface area contributed by atoms with Crippen LogP contribution in [0.25, 0.3) is 10.8 Å². The van der Waals surface area contributed by atoms with Crippen molar-refractivity contribution in [3.63, 3.8) is 0 Å². The van der Waals surface area contributed by atoms with E-state index in [9.17, 15) is 4.79 Å². The predicted molar refractivity (Wildman–Crippen MR) is 90.6 cm³/mol. The summed E-state index contributed by atoms with van der Waals surface area (Å²) in [6, 6.07) is 14.6. The van der Waals surface area contributed by atoms with Crippen LogP contribution in [0.3, 0.4) is 0 Å². The van der Waals surface area contributed by atoms with E-state index in [1.54, 1.807) is 11.8 Å². The zero-order valence-corrected chi connectivity index (χ0v) is 13.2. The molecule has 4 heteroatoms. The summed E-state index contributed by atoms with van der Waals surface area (Å²) >= 11 is 1.77. The summed E-state index contributed by atoms with van der Waals surface area (Å²) in [6.45, 7) is 2.91. The van der Waals surface area contributed by atoms with Gasteiger partial charge in [-0.25, -0.2) is 0 Å². The maximum absolute atomic E-state index is 11.4. The summed E-state index contributed by atoms with van der Waals surface area (Å²) in [5.74, 6) is 0.616. The molecule has 112 valence electrons. The van der Waals surface area contributed by atoms with Crippen LogP contribution < -0.4 is 11.1 Å². The molecule has 0 saturated carbocycles. The lowest BCUT2D eigenvalue weighted by Gasteiger charge is -2.14. The molecule has 21 heavy (non-hydrogen) atoms. The molecule has 0 aromatic heterocycles. The molecular weight excluding hydrogens is 280 g/mol. The number of fused-ring (bicyclic) bond motifs is 1. The van der Waals surface area contributed by atoms with Gasteiger partial charge in [-0.05, 0) is 48.0 Å². The first kappa shape index (κ1) is 15.9. The molecule has 2 aromatic carbocycles. The van der Waals surface area contributed by atoms with Crippen molar-refractivity contribution in [2.24, 2.45) is 5.73 Å². The maximum Gasteiger partial charge on any atom is 0.234 e. The highest BCUT2D eigenvalue weighted by molar-refractivity contribution is 7.99. The SMILES string of the molecule is CCCNC(CCSc1ccc2ccccc2c1)C(N)=O. The van der Waals surface area contributed by atoms with Gasteiger partial charge in [-0.2, -0.15) is 0 Å². The van der Waals surface area contributed by atoms with E-state index in [1.807, 2.05) is 6.07 Å². The highest BCUT2D eigenvalue weighted by Gasteiger charge is 2.13. The van der Waals surface area contributed by atoms with Crippen molar-refractivity contribution in [1.82, 2.24) is 5.32 Å². The van der Waals surface area contributed by atoms with E-state index in [-0.39, 0.29) is 11.9 Å². The standard InChI is InChI=1S/C17H22N2OS/c1-2-10-19-16(17(18)20)9-11-21-15-8-7-13-5-3-4-6-14(13)12-15/h3-8,12,16,19H,2,9-11H2,1H3,(H2,18,20). The van der Waals surface area contributed by atoms with Gasteiger partial charge in [0, 0.05) is 4.90 Å². The molecular formula is C17H22N2OS. The van der Waals surface area contributed by atoms with Gasteiger partial charge in [-0.1, -0.05) is 37.3 Å². The second kappa shape index (κ2) is 8.05. The third kappa shape index (κ3) is 4.76. The van der Waals surface area contributed by atoms with Gasteiger partial charge in [0.25, 0.3) is 0 Å². The first-order valence-corrected chi connectivity index (χ1v) is 8.33. The quantitative estimate of drug-likeness (QED) is 0.736. The summed E-state index contributed by atoms with van der Waals surface area (Å²) in [7, 11) is 0. The molecule has 0 saturated heterocycles. The van der Waals surface area contributed by atoms with E-state index in [0.29, 0.717) is 0 Å². The van der Waals surface area contributed by atoms with Crippen LogP contribution in [0.1, 0.15) is 19.8 Å². The van der Waals surface area contributed by atoms with Crippen LogP contribution in [0.5, 0.6) is 0 Å². The molecule has 0 heterocycles. The van der Waals surface area contributed by atoms with Crippen molar-refractivity contribution in [3.05, 3.63) is 42.5 Å². The number of thioether (sulfide) groups is 1. The summed E-state index contributed by atoms with van der Waals surface area (Å²) in [6.07, 6.45) is 1.76. The lowest BCUT2D eigenvalue weighted by atomic mass is 10.1. The molecule has 1 amide bonds. The zero-order valence-electron chi connectivity index (χ0n) is 12.3. The average molecular weight is 302 g/mol. The van der Waals surface area contributed by atoms with E-state index in [0.717, 1.165) is 25.1 Å². The molecule has 3 nitrogen and oxygen atoms in total. The van der Waals surface area contributed by atoms with Gasteiger partial charge in [0.1, 0.15) is 0 Å². The van der Waals surface area contributed by atoms with Gasteiger partial charge in [0.15, 0.2) is 0 Å². The molecule has 0 radical (unpaired) electrons. The first-order chi connectivity index (χ1) is 10.2. The van der Waals surface area contributed by atoms with Crippen LogP contribution in [-0.4, -0.2) is 24.2 Å². The minimum atomic E-state index is -0.262. The number of nitrogens with one attached hydrogen (secondary N) is 1. The molecule has 0 aliphatic heterocycles. The molecule has 3 N–H and O–H groups in total. The van der Waals surface area contributed by atoms with Crippen molar-refractivity contribution in [1.29, 1.82) is 0 Å². The van der Waals surface area contributed by atoms with E-state index in [1.165, 1.54) is 15.7 Å². The van der Waals surface area contributed by atoms with E-state index in [4.69, 9.17) is 5.73 Å². The first-order valence-electron chi connectivity index (χ1n) is 7.35. The molecule has 1 atom stereocenters. The molecule has 2 aromatic rings. The Morgan fingerprint density at radius 2 is 2.00 bits per heavy atom. The lowest BCUT2D eigenvalue weighted by Crippen LogP contribution is -2.41. The third-order valence-corrected chi connectivity index (χ3v) is 4.41. The Labute approximate surface area is 130 Å². The van der Waals surface area contributed by atoms with Crippen molar-refractivity contribution in [3.8, 4) is 0 Å². The van der Waals surface area contributed by atoms with Gasteiger partial charge in [0.2, 0.25) is 5.91 Å². The predicted octanol–water partition coefficient (Wildman–Crippen LogP) is 3.18. The Morgan fingerprint density at radius 1 is 1.24 bits per heavy atom. The van der Waals surface area contributed by atoms with Crippen molar-refractivity contribution >= 4 is 28.4 Å². The molecule has 0 fully saturated rings. The summed E-state index contributed by atoms with van der Waals surface area (Å²) in [5.41, 5.74) is 5.42. The van der Waals surface area contributed by atoms with Crippen LogP contribution in [-0.2, 0) is 4.79 Å². The van der Waals surface area contributed by atoms with Crippen molar-refractivity contribution in [2.75, 3.05) is 12.3 Å². The molecule has 0 bridgehead atoms. The number of nitrogens with two attached hydrogens (primary N) is 1. The van der Waals surface area contributed by atoms with E-state index in [2.05, 4.69) is 48.6 Å². The second-order valence-corrected chi connectivity index (χ2v) is 6.22. The van der Waals surface area contributed by atoms with Crippen LogP contribution in [0.4, 0.5) is 0 Å². The Hall–Kier alpha value is -1.52. The monoisotopic (exact) mass is 302 g/mol. The highest BCUT2D eigenvalue weighted by Crippen LogP contribution is 2.24. The fraction of sp³-hybridized carbons (Fsp3) is 0.353. The topological polar surface area (TPSA) is 55.1 Å². The number of hydrogen-bond acceptors (Lipinski definition) is 3. The summed E-state index contributed by atoms with van der Waals surface area (Å²) < 4.78 is 0. The largest absolute Gasteiger partial charge is 0.368 e. The van der Waals surface area contributed by atoms with Crippen LogP contribution in [0.2, 0.25) is 0 Å². The number of hydrogen-bond donors (Lipinski definition) is 2. The minimum absolute atomic E-state index is 0.224. The Bertz CT molecular complexity index is 600. The van der Waals surface area contributed by atoms with Crippen molar-refractivity contribution in [2.45, 2.75) is 30.7 Å². The molecule has 1 unspecified atom stereocenters.